The molecular formula is C14H26N2. The molecule has 0 bridgehead atoms. The molecule has 1 N–H and O–H groups in total. The van der Waals surface area contributed by atoms with Crippen LogP contribution in [0.5, 0.6) is 0 Å². The molecule has 0 amide bonds. The highest BCUT2D eigenvalue weighted by Crippen LogP contribution is 2.49. The fourth-order valence-corrected chi connectivity index (χ4v) is 3.12. The van der Waals surface area contributed by atoms with Gasteiger partial charge in [-0.15, -0.1) is 0 Å². The average Bonchev–Trinajstić information content (AvgIpc) is 3.19. The molecular weight excluding hydrogens is 196 g/mol. The third kappa shape index (κ3) is 2.60. The van der Waals surface area contributed by atoms with Gasteiger partial charge in [0.05, 0.1) is 0 Å². The smallest absolute Gasteiger partial charge is 0.00683 e. The molecule has 0 aromatic rings. The normalized spacial score (nSPS) is 33.2. The maximum absolute atomic E-state index is 3.68. The SMILES string of the molecule is CCC1(CN2CCC(CNC3CC3)C2)CC1. The number of nitrogens with zero attached hydrogens (tertiary/aromatic N) is 1. The molecule has 1 atom stereocenters. The van der Waals surface area contributed by atoms with Crippen molar-refractivity contribution in [3.05, 3.63) is 0 Å². The third-order valence-corrected chi connectivity index (χ3v) is 4.91. The van der Waals surface area contributed by atoms with Crippen LogP contribution in [-0.4, -0.2) is 37.1 Å². The summed E-state index contributed by atoms with van der Waals surface area (Å²) >= 11 is 0. The van der Waals surface area contributed by atoms with E-state index >= 15 is 0 Å². The summed E-state index contributed by atoms with van der Waals surface area (Å²) in [6.45, 7) is 7.76. The van der Waals surface area contributed by atoms with Crippen LogP contribution >= 0.6 is 0 Å². The minimum absolute atomic E-state index is 0.749. The summed E-state index contributed by atoms with van der Waals surface area (Å²) in [6.07, 6.45) is 8.66. The standard InChI is InChI=1S/C14H26N2/c1-2-14(6-7-14)11-16-8-5-12(10-16)9-15-13-3-4-13/h12-13,15H,2-11H2,1H3. The van der Waals surface area contributed by atoms with Crippen molar-refractivity contribution in [3.8, 4) is 0 Å². The summed E-state index contributed by atoms with van der Waals surface area (Å²) in [5.74, 6) is 0.938. The first-order chi connectivity index (χ1) is 7.80. The number of likely N-dealkylation sites (tertiary alicyclic amines) is 1. The molecule has 2 nitrogen and oxygen atoms in total. The zero-order chi connectivity index (χ0) is 11.0. The maximum Gasteiger partial charge on any atom is 0.00683 e. The van der Waals surface area contributed by atoms with E-state index in [0.29, 0.717) is 0 Å². The van der Waals surface area contributed by atoms with Crippen LogP contribution in [-0.2, 0) is 0 Å². The molecule has 16 heavy (non-hydrogen) atoms. The van der Waals surface area contributed by atoms with Crippen molar-refractivity contribution < 1.29 is 0 Å². The minimum atomic E-state index is 0.749. The minimum Gasteiger partial charge on any atom is -0.314 e. The Labute approximate surface area is 99.8 Å². The lowest BCUT2D eigenvalue weighted by Gasteiger charge is -2.22. The lowest BCUT2D eigenvalue weighted by Crippen LogP contribution is -2.31. The van der Waals surface area contributed by atoms with Gasteiger partial charge in [0.25, 0.3) is 0 Å². The van der Waals surface area contributed by atoms with Gasteiger partial charge >= 0.3 is 0 Å². The van der Waals surface area contributed by atoms with E-state index in [0.717, 1.165) is 17.4 Å². The molecule has 1 aliphatic heterocycles. The van der Waals surface area contributed by atoms with E-state index in [1.165, 1.54) is 64.7 Å². The fraction of sp³-hybridized carbons (Fsp3) is 1.00. The molecule has 0 spiro atoms. The van der Waals surface area contributed by atoms with E-state index in [2.05, 4.69) is 17.1 Å². The topological polar surface area (TPSA) is 15.3 Å². The lowest BCUT2D eigenvalue weighted by molar-refractivity contribution is 0.249. The van der Waals surface area contributed by atoms with Crippen molar-refractivity contribution in [1.29, 1.82) is 0 Å². The van der Waals surface area contributed by atoms with Gasteiger partial charge in [0.1, 0.15) is 0 Å². The van der Waals surface area contributed by atoms with Gasteiger partial charge in [-0.1, -0.05) is 6.92 Å². The predicted octanol–water partition coefficient (Wildman–Crippen LogP) is 2.25. The van der Waals surface area contributed by atoms with E-state index < -0.39 is 0 Å². The molecule has 3 rings (SSSR count). The van der Waals surface area contributed by atoms with Crippen molar-refractivity contribution in [2.45, 2.75) is 51.5 Å². The van der Waals surface area contributed by atoms with Crippen LogP contribution in [0.15, 0.2) is 0 Å². The number of rotatable bonds is 6. The molecule has 2 saturated carbocycles. The zero-order valence-corrected chi connectivity index (χ0v) is 10.7. The predicted molar refractivity (Wildman–Crippen MR) is 67.5 cm³/mol. The summed E-state index contributed by atoms with van der Waals surface area (Å²) in [5.41, 5.74) is 0.749. The summed E-state index contributed by atoms with van der Waals surface area (Å²) in [6, 6.07) is 0.888. The van der Waals surface area contributed by atoms with Crippen LogP contribution in [0.4, 0.5) is 0 Å². The summed E-state index contributed by atoms with van der Waals surface area (Å²) in [7, 11) is 0. The first-order valence-corrected chi connectivity index (χ1v) is 7.25. The van der Waals surface area contributed by atoms with Gasteiger partial charge < -0.3 is 10.2 Å². The third-order valence-electron chi connectivity index (χ3n) is 4.91. The fourth-order valence-electron chi connectivity index (χ4n) is 3.12. The number of hydrogen-bond donors (Lipinski definition) is 1. The molecule has 3 aliphatic rings. The van der Waals surface area contributed by atoms with Gasteiger partial charge in [-0.3, -0.25) is 0 Å². The van der Waals surface area contributed by atoms with Crippen LogP contribution < -0.4 is 5.32 Å². The highest BCUT2D eigenvalue weighted by molar-refractivity contribution is 4.96. The van der Waals surface area contributed by atoms with Crippen molar-refractivity contribution >= 4 is 0 Å². The largest absolute Gasteiger partial charge is 0.314 e. The Morgan fingerprint density at radius 2 is 2.06 bits per heavy atom. The Hall–Kier alpha value is -0.0800. The molecule has 2 aliphatic carbocycles. The van der Waals surface area contributed by atoms with Gasteiger partial charge in [-0.2, -0.15) is 0 Å². The highest BCUT2D eigenvalue weighted by Gasteiger charge is 2.42. The highest BCUT2D eigenvalue weighted by atomic mass is 15.2. The molecule has 1 unspecified atom stereocenters. The van der Waals surface area contributed by atoms with Crippen molar-refractivity contribution in [1.82, 2.24) is 10.2 Å². The molecule has 2 heteroatoms. The molecule has 0 aromatic carbocycles. The second-order valence-corrected chi connectivity index (χ2v) is 6.43. The molecule has 1 saturated heterocycles. The van der Waals surface area contributed by atoms with Crippen LogP contribution in [0, 0.1) is 11.3 Å². The molecule has 3 fully saturated rings. The molecule has 92 valence electrons. The van der Waals surface area contributed by atoms with Crippen LogP contribution in [0.1, 0.15) is 45.4 Å². The Balaban J connectivity index is 1.38. The second kappa shape index (κ2) is 4.30. The van der Waals surface area contributed by atoms with E-state index in [1.54, 1.807) is 0 Å². The molecule has 0 aromatic heterocycles. The monoisotopic (exact) mass is 222 g/mol. The van der Waals surface area contributed by atoms with Gasteiger partial charge in [0.15, 0.2) is 0 Å². The van der Waals surface area contributed by atoms with E-state index in [9.17, 15) is 0 Å². The quantitative estimate of drug-likeness (QED) is 0.741. The Morgan fingerprint density at radius 1 is 1.25 bits per heavy atom. The summed E-state index contributed by atoms with van der Waals surface area (Å²) in [4.78, 5) is 2.73. The second-order valence-electron chi connectivity index (χ2n) is 6.43. The van der Waals surface area contributed by atoms with Gasteiger partial charge in [0.2, 0.25) is 0 Å². The average molecular weight is 222 g/mol. The van der Waals surface area contributed by atoms with Gasteiger partial charge in [0, 0.05) is 19.1 Å². The zero-order valence-electron chi connectivity index (χ0n) is 10.7. The van der Waals surface area contributed by atoms with Crippen LogP contribution in [0.25, 0.3) is 0 Å². The number of nitrogens with one attached hydrogen (secondary N) is 1. The first-order valence-electron chi connectivity index (χ1n) is 7.25. The molecule has 1 heterocycles. The lowest BCUT2D eigenvalue weighted by atomic mass is 10.0. The van der Waals surface area contributed by atoms with Crippen molar-refractivity contribution in [2.24, 2.45) is 11.3 Å². The number of hydrogen-bond acceptors (Lipinski definition) is 2. The van der Waals surface area contributed by atoms with E-state index in [1.807, 2.05) is 0 Å². The van der Waals surface area contributed by atoms with Gasteiger partial charge in [-0.25, -0.2) is 0 Å². The molecule has 0 radical (unpaired) electrons. The first kappa shape index (κ1) is 11.0. The summed E-state index contributed by atoms with van der Waals surface area (Å²) in [5, 5.41) is 3.68. The summed E-state index contributed by atoms with van der Waals surface area (Å²) < 4.78 is 0. The Bertz CT molecular complexity index is 243. The van der Waals surface area contributed by atoms with Crippen molar-refractivity contribution in [2.75, 3.05) is 26.2 Å². The van der Waals surface area contributed by atoms with Crippen LogP contribution in [0.3, 0.4) is 0 Å². The Kier molecular flexibility index (Phi) is 2.97. The maximum atomic E-state index is 3.68. The van der Waals surface area contributed by atoms with E-state index in [-0.39, 0.29) is 0 Å². The van der Waals surface area contributed by atoms with Crippen LogP contribution in [0.2, 0.25) is 0 Å². The van der Waals surface area contributed by atoms with Gasteiger partial charge in [-0.05, 0) is 62.9 Å². The van der Waals surface area contributed by atoms with E-state index in [4.69, 9.17) is 0 Å². The van der Waals surface area contributed by atoms with Crippen molar-refractivity contribution in [3.63, 3.8) is 0 Å². The Morgan fingerprint density at radius 3 is 2.69 bits per heavy atom.